The van der Waals surface area contributed by atoms with Crippen LogP contribution in [-0.2, 0) is 5.75 Å². The van der Waals surface area contributed by atoms with Gasteiger partial charge in [-0.25, -0.2) is 4.98 Å². The Morgan fingerprint density at radius 1 is 1.33 bits per heavy atom. The van der Waals surface area contributed by atoms with Crippen molar-refractivity contribution in [2.75, 3.05) is 0 Å². The lowest BCUT2D eigenvalue weighted by molar-refractivity contribution is 1.11. The number of hydrogen-bond acceptors (Lipinski definition) is 2. The fourth-order valence-electron chi connectivity index (χ4n) is 1.67. The summed E-state index contributed by atoms with van der Waals surface area (Å²) in [7, 11) is 0. The van der Waals surface area contributed by atoms with Crippen molar-refractivity contribution < 1.29 is 0 Å². The maximum atomic E-state index is 4.51. The monoisotopic (exact) mass is 218 g/mol. The first kappa shape index (κ1) is 10.3. The number of thiol groups is 1. The van der Waals surface area contributed by atoms with E-state index in [0.29, 0.717) is 5.75 Å². The molecule has 0 aliphatic rings. The van der Waals surface area contributed by atoms with Crippen LogP contribution in [0, 0.1) is 13.8 Å². The molecule has 0 saturated carbocycles. The summed E-state index contributed by atoms with van der Waals surface area (Å²) in [6, 6.07) is 8.37. The highest BCUT2D eigenvalue weighted by Crippen LogP contribution is 2.22. The van der Waals surface area contributed by atoms with E-state index < -0.39 is 0 Å². The number of benzene rings is 1. The summed E-state index contributed by atoms with van der Waals surface area (Å²) in [4.78, 5) is 7.73. The minimum Gasteiger partial charge on any atom is -0.345 e. The molecule has 0 aliphatic heterocycles. The largest absolute Gasteiger partial charge is 0.345 e. The van der Waals surface area contributed by atoms with Crippen LogP contribution in [0.3, 0.4) is 0 Å². The Morgan fingerprint density at radius 2 is 2.13 bits per heavy atom. The molecule has 2 rings (SSSR count). The van der Waals surface area contributed by atoms with Gasteiger partial charge < -0.3 is 4.98 Å². The Balaban J connectivity index is 2.48. The zero-order valence-electron chi connectivity index (χ0n) is 8.91. The molecule has 1 aromatic heterocycles. The molecule has 3 heteroatoms. The summed E-state index contributed by atoms with van der Waals surface area (Å²) in [5.41, 5.74) is 4.55. The quantitative estimate of drug-likeness (QED) is 0.745. The van der Waals surface area contributed by atoms with Gasteiger partial charge in [0.2, 0.25) is 0 Å². The van der Waals surface area contributed by atoms with Crippen LogP contribution in [0.25, 0.3) is 11.3 Å². The lowest BCUT2D eigenvalue weighted by Crippen LogP contribution is -1.82. The van der Waals surface area contributed by atoms with Crippen molar-refractivity contribution >= 4 is 12.6 Å². The zero-order chi connectivity index (χ0) is 10.8. The van der Waals surface area contributed by atoms with Crippen LogP contribution in [0.5, 0.6) is 0 Å². The van der Waals surface area contributed by atoms with Crippen LogP contribution in [0.2, 0.25) is 0 Å². The number of hydrogen-bond donors (Lipinski definition) is 2. The van der Waals surface area contributed by atoms with Crippen molar-refractivity contribution in [3.63, 3.8) is 0 Å². The van der Waals surface area contributed by atoms with Gasteiger partial charge >= 0.3 is 0 Å². The maximum Gasteiger partial charge on any atom is 0.116 e. The van der Waals surface area contributed by atoms with Gasteiger partial charge in [-0.1, -0.05) is 23.8 Å². The molecule has 1 heterocycles. The highest BCUT2D eigenvalue weighted by molar-refractivity contribution is 7.79. The molecule has 78 valence electrons. The molecule has 15 heavy (non-hydrogen) atoms. The maximum absolute atomic E-state index is 4.51. The van der Waals surface area contributed by atoms with Crippen molar-refractivity contribution in [3.8, 4) is 11.3 Å². The van der Waals surface area contributed by atoms with E-state index in [0.717, 1.165) is 22.8 Å². The zero-order valence-corrected chi connectivity index (χ0v) is 9.81. The first-order chi connectivity index (χ1) is 7.20. The number of nitrogens with zero attached hydrogens (tertiary/aromatic N) is 1. The molecule has 1 aromatic carbocycles. The molecule has 0 radical (unpaired) electrons. The highest BCUT2D eigenvalue weighted by Gasteiger charge is 2.07. The van der Waals surface area contributed by atoms with Crippen molar-refractivity contribution in [3.05, 3.63) is 41.3 Å². The Morgan fingerprint density at radius 3 is 2.73 bits per heavy atom. The van der Waals surface area contributed by atoms with Gasteiger partial charge in [-0.05, 0) is 19.9 Å². The molecule has 0 saturated heterocycles. The van der Waals surface area contributed by atoms with Gasteiger partial charge in [0.25, 0.3) is 0 Å². The van der Waals surface area contributed by atoms with Crippen LogP contribution >= 0.6 is 12.6 Å². The normalized spacial score (nSPS) is 10.6. The molecule has 0 atom stereocenters. The van der Waals surface area contributed by atoms with Gasteiger partial charge in [-0.15, -0.1) is 0 Å². The van der Waals surface area contributed by atoms with E-state index in [-0.39, 0.29) is 0 Å². The molecule has 0 aliphatic carbocycles. The number of aryl methyl sites for hydroxylation is 2. The third kappa shape index (κ3) is 2.07. The van der Waals surface area contributed by atoms with Crippen LogP contribution in [0.4, 0.5) is 0 Å². The number of H-pyrrole nitrogens is 1. The Labute approximate surface area is 95.2 Å². The predicted octanol–water partition coefficient (Wildman–Crippen LogP) is 3.12. The van der Waals surface area contributed by atoms with E-state index in [2.05, 4.69) is 53.8 Å². The predicted molar refractivity (Wildman–Crippen MR) is 66.2 cm³/mol. The smallest absolute Gasteiger partial charge is 0.116 e. The molecule has 0 fully saturated rings. The third-order valence-electron chi connectivity index (χ3n) is 2.38. The summed E-state index contributed by atoms with van der Waals surface area (Å²) in [5.74, 6) is 1.57. The van der Waals surface area contributed by atoms with Crippen molar-refractivity contribution in [1.29, 1.82) is 0 Å². The lowest BCUT2D eigenvalue weighted by Gasteiger charge is -1.99. The molecule has 1 N–H and O–H groups in total. The van der Waals surface area contributed by atoms with Crippen LogP contribution in [0.15, 0.2) is 24.3 Å². The van der Waals surface area contributed by atoms with Gasteiger partial charge in [0.05, 0.1) is 5.69 Å². The molecule has 0 bridgehead atoms. The van der Waals surface area contributed by atoms with E-state index in [1.807, 2.05) is 6.92 Å². The molecule has 0 spiro atoms. The Bertz CT molecular complexity index is 474. The second-order valence-electron chi connectivity index (χ2n) is 3.68. The number of aromatic amines is 1. The fourth-order valence-corrected chi connectivity index (χ4v) is 1.82. The lowest BCUT2D eigenvalue weighted by atomic mass is 10.1. The van der Waals surface area contributed by atoms with Gasteiger partial charge in [-0.3, -0.25) is 0 Å². The topological polar surface area (TPSA) is 28.7 Å². The van der Waals surface area contributed by atoms with Crippen molar-refractivity contribution in [1.82, 2.24) is 9.97 Å². The molecule has 0 amide bonds. The van der Waals surface area contributed by atoms with E-state index in [9.17, 15) is 0 Å². The average Bonchev–Trinajstić information content (AvgIpc) is 2.60. The van der Waals surface area contributed by atoms with Gasteiger partial charge in [0.15, 0.2) is 0 Å². The van der Waals surface area contributed by atoms with E-state index in [1.54, 1.807) is 0 Å². The number of rotatable bonds is 2. The van der Waals surface area contributed by atoms with Crippen LogP contribution < -0.4 is 0 Å². The van der Waals surface area contributed by atoms with Gasteiger partial charge in [0.1, 0.15) is 5.82 Å². The minimum absolute atomic E-state index is 0.645. The van der Waals surface area contributed by atoms with E-state index in [4.69, 9.17) is 0 Å². The molecule has 2 aromatic rings. The van der Waals surface area contributed by atoms with Crippen molar-refractivity contribution in [2.45, 2.75) is 19.6 Å². The van der Waals surface area contributed by atoms with Gasteiger partial charge in [0, 0.05) is 17.0 Å². The molecule has 0 unspecified atom stereocenters. The summed E-state index contributed by atoms with van der Waals surface area (Å²) >= 11 is 4.21. The first-order valence-electron chi connectivity index (χ1n) is 4.94. The summed E-state index contributed by atoms with van der Waals surface area (Å²) in [5, 5.41) is 0. The minimum atomic E-state index is 0.645. The average molecular weight is 218 g/mol. The fraction of sp³-hybridized carbons (Fsp3) is 0.250. The number of aromatic nitrogens is 2. The van der Waals surface area contributed by atoms with Gasteiger partial charge in [-0.2, -0.15) is 12.6 Å². The Kier molecular flexibility index (Phi) is 2.82. The van der Waals surface area contributed by atoms with Crippen LogP contribution in [-0.4, -0.2) is 9.97 Å². The second kappa shape index (κ2) is 4.11. The highest BCUT2D eigenvalue weighted by atomic mass is 32.1. The molecular formula is C12H14N2S. The standard InChI is InChI=1S/C12H14N2S/c1-8-4-3-5-10(6-8)12-9(2)13-11(7-15)14-12/h3-6,15H,7H2,1-2H3,(H,13,14). The SMILES string of the molecule is Cc1cccc(-c2nc(CS)[nH]c2C)c1. The first-order valence-corrected chi connectivity index (χ1v) is 5.57. The number of imidazole rings is 1. The van der Waals surface area contributed by atoms with Crippen molar-refractivity contribution in [2.24, 2.45) is 0 Å². The molecular weight excluding hydrogens is 204 g/mol. The summed E-state index contributed by atoms with van der Waals surface area (Å²) in [6.07, 6.45) is 0. The number of nitrogens with one attached hydrogen (secondary N) is 1. The van der Waals surface area contributed by atoms with Crippen LogP contribution in [0.1, 0.15) is 17.1 Å². The van der Waals surface area contributed by atoms with E-state index in [1.165, 1.54) is 5.56 Å². The second-order valence-corrected chi connectivity index (χ2v) is 4.00. The molecule has 2 nitrogen and oxygen atoms in total. The Hall–Kier alpha value is -1.22. The summed E-state index contributed by atoms with van der Waals surface area (Å²) in [6.45, 7) is 4.13. The van der Waals surface area contributed by atoms with E-state index >= 15 is 0 Å². The summed E-state index contributed by atoms with van der Waals surface area (Å²) < 4.78 is 0. The third-order valence-corrected chi connectivity index (χ3v) is 2.67.